The molecular weight excluding hydrogens is 380 g/mol. The zero-order valence-corrected chi connectivity index (χ0v) is 15.9. The predicted octanol–water partition coefficient (Wildman–Crippen LogP) is 5.18. The second kappa shape index (κ2) is 7.86. The van der Waals surface area contributed by atoms with E-state index < -0.39 is 0 Å². The van der Waals surface area contributed by atoms with Crippen LogP contribution in [0.1, 0.15) is 17.3 Å². The Balaban J connectivity index is 1.75. The number of thiophene rings is 1. The van der Waals surface area contributed by atoms with Crippen LogP contribution >= 0.6 is 34.3 Å². The van der Waals surface area contributed by atoms with Crippen LogP contribution in [0.2, 0.25) is 4.34 Å². The van der Waals surface area contributed by atoms with Gasteiger partial charge in [-0.25, -0.2) is 4.98 Å². The van der Waals surface area contributed by atoms with Crippen LogP contribution in [0.5, 0.6) is 11.5 Å². The molecule has 3 rings (SSSR count). The first-order valence-electron chi connectivity index (χ1n) is 7.44. The molecule has 0 aliphatic heterocycles. The average molecular weight is 395 g/mol. The summed E-state index contributed by atoms with van der Waals surface area (Å²) < 4.78 is 11.4. The van der Waals surface area contributed by atoms with Gasteiger partial charge in [-0.2, -0.15) is 0 Å². The van der Waals surface area contributed by atoms with E-state index in [0.717, 1.165) is 10.6 Å². The number of hydrogen-bond acceptors (Lipinski definition) is 6. The highest BCUT2D eigenvalue weighted by Gasteiger charge is 2.14. The van der Waals surface area contributed by atoms with Crippen LogP contribution < -0.4 is 14.8 Å². The molecule has 130 valence electrons. The van der Waals surface area contributed by atoms with Gasteiger partial charge in [0.15, 0.2) is 16.6 Å². The molecule has 0 saturated carbocycles. The van der Waals surface area contributed by atoms with Crippen LogP contribution in [0, 0.1) is 0 Å². The van der Waals surface area contributed by atoms with E-state index in [0.29, 0.717) is 33.1 Å². The molecule has 0 unspecified atom stereocenters. The maximum atomic E-state index is 12.4. The third kappa shape index (κ3) is 4.12. The monoisotopic (exact) mass is 394 g/mol. The molecule has 0 saturated heterocycles. The highest BCUT2D eigenvalue weighted by Crippen LogP contribution is 2.33. The minimum Gasteiger partial charge on any atom is -0.493 e. The van der Waals surface area contributed by atoms with Crippen molar-refractivity contribution in [3.05, 3.63) is 45.6 Å². The Morgan fingerprint density at radius 3 is 2.80 bits per heavy atom. The molecule has 1 aromatic carbocycles. The van der Waals surface area contributed by atoms with E-state index in [1.165, 1.54) is 22.7 Å². The number of carbonyl (C=O) groups is 1. The maximum Gasteiger partial charge on any atom is 0.257 e. The predicted molar refractivity (Wildman–Crippen MR) is 103 cm³/mol. The summed E-state index contributed by atoms with van der Waals surface area (Å²) in [7, 11) is 1.54. The summed E-state index contributed by atoms with van der Waals surface area (Å²) in [6.45, 7) is 2.41. The first kappa shape index (κ1) is 17.7. The number of rotatable bonds is 6. The lowest BCUT2D eigenvalue weighted by Crippen LogP contribution is -2.12. The fourth-order valence-corrected chi connectivity index (χ4v) is 3.93. The number of ether oxygens (including phenoxy) is 2. The molecule has 2 heterocycles. The van der Waals surface area contributed by atoms with Crippen molar-refractivity contribution in [2.75, 3.05) is 19.0 Å². The molecule has 0 spiro atoms. The summed E-state index contributed by atoms with van der Waals surface area (Å²) in [5.74, 6) is 0.863. The summed E-state index contributed by atoms with van der Waals surface area (Å²) in [5, 5.41) is 5.21. The number of aromatic nitrogens is 1. The molecule has 25 heavy (non-hydrogen) atoms. The highest BCUT2D eigenvalue weighted by atomic mass is 35.5. The number of hydrogen-bond donors (Lipinski definition) is 1. The topological polar surface area (TPSA) is 60.5 Å². The third-order valence-electron chi connectivity index (χ3n) is 3.28. The number of anilines is 1. The molecule has 0 aliphatic rings. The van der Waals surface area contributed by atoms with Crippen LogP contribution in [-0.2, 0) is 0 Å². The van der Waals surface area contributed by atoms with Crippen molar-refractivity contribution >= 4 is 45.3 Å². The molecular formula is C17H15ClN2O3S2. The minimum atomic E-state index is -0.258. The van der Waals surface area contributed by atoms with Crippen LogP contribution in [0.15, 0.2) is 35.7 Å². The Hall–Kier alpha value is -2.09. The van der Waals surface area contributed by atoms with Crippen molar-refractivity contribution in [3.63, 3.8) is 0 Å². The molecule has 8 heteroatoms. The molecule has 3 aromatic rings. The molecule has 0 aliphatic carbocycles. The SMILES string of the molecule is CCOc1ccc(C(=O)Nc2nc(-c3ccc(Cl)s3)cs2)cc1OC. The maximum absolute atomic E-state index is 12.4. The number of nitrogens with zero attached hydrogens (tertiary/aromatic N) is 1. The van der Waals surface area contributed by atoms with Crippen LogP contribution in [0.25, 0.3) is 10.6 Å². The van der Waals surface area contributed by atoms with E-state index in [4.69, 9.17) is 21.1 Å². The molecule has 5 nitrogen and oxygen atoms in total. The number of halogens is 1. The second-order valence-corrected chi connectivity index (χ2v) is 7.47. The van der Waals surface area contributed by atoms with Gasteiger partial charge in [0, 0.05) is 10.9 Å². The van der Waals surface area contributed by atoms with Crippen molar-refractivity contribution in [2.24, 2.45) is 0 Å². The fraction of sp³-hybridized carbons (Fsp3) is 0.176. The Morgan fingerprint density at radius 1 is 1.28 bits per heavy atom. The molecule has 0 fully saturated rings. The van der Waals surface area contributed by atoms with Gasteiger partial charge in [-0.05, 0) is 37.3 Å². The van der Waals surface area contributed by atoms with Crippen molar-refractivity contribution in [1.82, 2.24) is 4.98 Å². The van der Waals surface area contributed by atoms with E-state index in [9.17, 15) is 4.79 Å². The summed E-state index contributed by atoms with van der Waals surface area (Å²) in [4.78, 5) is 17.8. The van der Waals surface area contributed by atoms with Gasteiger partial charge < -0.3 is 9.47 Å². The standard InChI is InChI=1S/C17H15ClN2O3S2/c1-3-23-12-5-4-10(8-13(12)22-2)16(21)20-17-19-11(9-24-17)14-6-7-15(18)25-14/h4-9H,3H2,1-2H3,(H,19,20,21). The van der Waals surface area contributed by atoms with Gasteiger partial charge in [0.2, 0.25) is 0 Å². The molecule has 1 N–H and O–H groups in total. The Morgan fingerprint density at radius 2 is 2.12 bits per heavy atom. The van der Waals surface area contributed by atoms with E-state index in [-0.39, 0.29) is 5.91 Å². The Bertz CT molecular complexity index is 892. The van der Waals surface area contributed by atoms with E-state index in [2.05, 4.69) is 10.3 Å². The zero-order chi connectivity index (χ0) is 17.8. The van der Waals surface area contributed by atoms with Crippen LogP contribution in [0.3, 0.4) is 0 Å². The fourth-order valence-electron chi connectivity index (χ4n) is 2.15. The van der Waals surface area contributed by atoms with Gasteiger partial charge in [-0.15, -0.1) is 22.7 Å². The van der Waals surface area contributed by atoms with Gasteiger partial charge in [0.1, 0.15) is 0 Å². The number of nitrogens with one attached hydrogen (secondary N) is 1. The first-order chi connectivity index (χ1) is 12.1. The highest BCUT2D eigenvalue weighted by molar-refractivity contribution is 7.20. The second-order valence-electron chi connectivity index (χ2n) is 4.89. The minimum absolute atomic E-state index is 0.258. The Labute approximate surface area is 158 Å². The number of methoxy groups -OCH3 is 1. The van der Waals surface area contributed by atoms with E-state index in [1.807, 2.05) is 24.4 Å². The smallest absolute Gasteiger partial charge is 0.257 e. The number of benzene rings is 1. The number of thiazole rings is 1. The molecule has 2 aromatic heterocycles. The first-order valence-corrected chi connectivity index (χ1v) is 9.51. The largest absolute Gasteiger partial charge is 0.493 e. The van der Waals surface area contributed by atoms with E-state index in [1.54, 1.807) is 25.3 Å². The lowest BCUT2D eigenvalue weighted by Gasteiger charge is -2.10. The summed E-state index contributed by atoms with van der Waals surface area (Å²) in [5.41, 5.74) is 1.26. The van der Waals surface area contributed by atoms with Gasteiger partial charge in [-0.3, -0.25) is 10.1 Å². The summed E-state index contributed by atoms with van der Waals surface area (Å²) >= 11 is 8.76. The quantitative estimate of drug-likeness (QED) is 0.625. The summed E-state index contributed by atoms with van der Waals surface area (Å²) in [6, 6.07) is 8.79. The molecule has 0 atom stereocenters. The van der Waals surface area contributed by atoms with Gasteiger partial charge in [0.05, 0.1) is 28.6 Å². The van der Waals surface area contributed by atoms with Crippen LogP contribution in [0.4, 0.5) is 5.13 Å². The van der Waals surface area contributed by atoms with Gasteiger partial charge in [0.25, 0.3) is 5.91 Å². The third-order valence-corrected chi connectivity index (χ3v) is 5.29. The van der Waals surface area contributed by atoms with E-state index >= 15 is 0 Å². The van der Waals surface area contributed by atoms with Crippen molar-refractivity contribution in [3.8, 4) is 22.1 Å². The lowest BCUT2D eigenvalue weighted by atomic mass is 10.2. The molecule has 0 bridgehead atoms. The Kier molecular flexibility index (Phi) is 5.57. The van der Waals surface area contributed by atoms with Gasteiger partial charge in [-0.1, -0.05) is 11.6 Å². The lowest BCUT2D eigenvalue weighted by molar-refractivity contribution is 0.102. The molecule has 0 radical (unpaired) electrons. The zero-order valence-electron chi connectivity index (χ0n) is 13.5. The normalized spacial score (nSPS) is 10.5. The van der Waals surface area contributed by atoms with Gasteiger partial charge >= 0.3 is 0 Å². The summed E-state index contributed by atoms with van der Waals surface area (Å²) in [6.07, 6.45) is 0. The number of amides is 1. The van der Waals surface area contributed by atoms with Crippen molar-refractivity contribution in [2.45, 2.75) is 6.92 Å². The molecule has 1 amide bonds. The van der Waals surface area contributed by atoms with Crippen molar-refractivity contribution < 1.29 is 14.3 Å². The average Bonchev–Trinajstić information content (AvgIpc) is 3.24. The van der Waals surface area contributed by atoms with Crippen LogP contribution in [-0.4, -0.2) is 24.6 Å². The number of carbonyl (C=O) groups excluding carboxylic acids is 1. The van der Waals surface area contributed by atoms with Crippen molar-refractivity contribution in [1.29, 1.82) is 0 Å².